The standard InChI is InChI=1S/C17H18N2O5/c1-11(20)18-16-13(7-6-12-4-2-3-5-14(12)21)8-9-19(17(16)24)10-15(22)23/h2-5,8-9,21H,6-7,10H2,1H3,(H,18,20)(H,22,23). The molecule has 24 heavy (non-hydrogen) atoms. The number of pyridine rings is 1. The monoisotopic (exact) mass is 330 g/mol. The minimum absolute atomic E-state index is 0.0710. The van der Waals surface area contributed by atoms with E-state index in [0.717, 1.165) is 10.1 Å². The van der Waals surface area contributed by atoms with Gasteiger partial charge in [0.25, 0.3) is 5.56 Å². The maximum absolute atomic E-state index is 12.4. The molecule has 126 valence electrons. The molecular formula is C17H18N2O5. The minimum atomic E-state index is -1.15. The van der Waals surface area contributed by atoms with Gasteiger partial charge in [0, 0.05) is 13.1 Å². The Bertz CT molecular complexity index is 826. The van der Waals surface area contributed by atoms with Gasteiger partial charge >= 0.3 is 5.97 Å². The van der Waals surface area contributed by atoms with Gasteiger partial charge in [-0.15, -0.1) is 0 Å². The lowest BCUT2D eigenvalue weighted by Gasteiger charge is -2.12. The van der Waals surface area contributed by atoms with E-state index in [1.807, 2.05) is 0 Å². The van der Waals surface area contributed by atoms with Crippen molar-refractivity contribution in [1.82, 2.24) is 4.57 Å². The van der Waals surface area contributed by atoms with Crippen LogP contribution in [0.2, 0.25) is 0 Å². The zero-order valence-electron chi connectivity index (χ0n) is 13.2. The Balaban J connectivity index is 2.33. The summed E-state index contributed by atoms with van der Waals surface area (Å²) in [6, 6.07) is 8.48. The van der Waals surface area contributed by atoms with E-state index in [0.29, 0.717) is 18.4 Å². The quantitative estimate of drug-likeness (QED) is 0.741. The highest BCUT2D eigenvalue weighted by atomic mass is 16.4. The molecule has 0 saturated heterocycles. The lowest BCUT2D eigenvalue weighted by atomic mass is 10.0. The lowest BCUT2D eigenvalue weighted by Crippen LogP contribution is -2.28. The maximum Gasteiger partial charge on any atom is 0.323 e. The minimum Gasteiger partial charge on any atom is -0.508 e. The van der Waals surface area contributed by atoms with Gasteiger partial charge in [-0.05, 0) is 36.1 Å². The number of para-hydroxylation sites is 1. The van der Waals surface area contributed by atoms with Crippen molar-refractivity contribution in [3.63, 3.8) is 0 Å². The molecule has 0 aliphatic heterocycles. The summed E-state index contributed by atoms with van der Waals surface area (Å²) in [5.41, 5.74) is 0.810. The van der Waals surface area contributed by atoms with Crippen molar-refractivity contribution in [3.8, 4) is 5.75 Å². The molecule has 0 aliphatic carbocycles. The van der Waals surface area contributed by atoms with E-state index in [-0.39, 0.29) is 11.4 Å². The van der Waals surface area contributed by atoms with Crippen molar-refractivity contribution in [2.24, 2.45) is 0 Å². The number of aromatic hydroxyl groups is 1. The SMILES string of the molecule is CC(=O)Nc1c(CCc2ccccc2O)ccn(CC(=O)O)c1=O. The van der Waals surface area contributed by atoms with Gasteiger partial charge in [0.15, 0.2) is 0 Å². The summed E-state index contributed by atoms with van der Waals surface area (Å²) in [5.74, 6) is -1.39. The summed E-state index contributed by atoms with van der Waals surface area (Å²) in [5, 5.41) is 21.1. The van der Waals surface area contributed by atoms with E-state index in [1.54, 1.807) is 30.3 Å². The van der Waals surface area contributed by atoms with E-state index >= 15 is 0 Å². The number of benzene rings is 1. The Morgan fingerprint density at radius 3 is 2.42 bits per heavy atom. The summed E-state index contributed by atoms with van der Waals surface area (Å²) in [6.45, 7) is 0.798. The third-order valence-corrected chi connectivity index (χ3v) is 3.51. The predicted molar refractivity (Wildman–Crippen MR) is 88.2 cm³/mol. The molecule has 2 rings (SSSR count). The second kappa shape index (κ2) is 7.45. The van der Waals surface area contributed by atoms with Crippen LogP contribution in [0.15, 0.2) is 41.3 Å². The number of phenolic OH excluding ortho intramolecular Hbond substituents is 1. The number of carboxylic acids is 1. The molecule has 0 spiro atoms. The molecule has 7 heteroatoms. The van der Waals surface area contributed by atoms with Crippen LogP contribution in [0.5, 0.6) is 5.75 Å². The Morgan fingerprint density at radius 1 is 1.12 bits per heavy atom. The van der Waals surface area contributed by atoms with Crippen molar-refractivity contribution in [3.05, 3.63) is 58.0 Å². The number of aryl methyl sites for hydroxylation is 2. The molecule has 1 heterocycles. The molecule has 1 aromatic carbocycles. The first kappa shape index (κ1) is 17.3. The number of carboxylic acid groups (broad SMARTS) is 1. The zero-order valence-corrected chi connectivity index (χ0v) is 13.2. The summed E-state index contributed by atoms with van der Waals surface area (Å²) >= 11 is 0. The third-order valence-electron chi connectivity index (χ3n) is 3.51. The molecule has 1 aromatic heterocycles. The van der Waals surface area contributed by atoms with Crippen LogP contribution >= 0.6 is 0 Å². The van der Waals surface area contributed by atoms with Crippen LogP contribution < -0.4 is 10.9 Å². The maximum atomic E-state index is 12.4. The number of amides is 1. The number of anilines is 1. The lowest BCUT2D eigenvalue weighted by molar-refractivity contribution is -0.137. The number of phenols is 1. The third kappa shape index (κ3) is 4.22. The van der Waals surface area contributed by atoms with E-state index in [9.17, 15) is 19.5 Å². The van der Waals surface area contributed by atoms with E-state index < -0.39 is 24.0 Å². The highest BCUT2D eigenvalue weighted by molar-refractivity contribution is 5.89. The zero-order chi connectivity index (χ0) is 17.7. The number of hydrogen-bond donors (Lipinski definition) is 3. The molecule has 7 nitrogen and oxygen atoms in total. The van der Waals surface area contributed by atoms with Gasteiger partial charge in [0.05, 0.1) is 0 Å². The fourth-order valence-corrected chi connectivity index (χ4v) is 2.39. The van der Waals surface area contributed by atoms with Crippen LogP contribution in [0.25, 0.3) is 0 Å². The normalized spacial score (nSPS) is 10.4. The van der Waals surface area contributed by atoms with Crippen molar-refractivity contribution < 1.29 is 19.8 Å². The van der Waals surface area contributed by atoms with Gasteiger partial charge in [0.1, 0.15) is 18.0 Å². The number of nitrogens with one attached hydrogen (secondary N) is 1. The highest BCUT2D eigenvalue weighted by Gasteiger charge is 2.13. The highest BCUT2D eigenvalue weighted by Crippen LogP contribution is 2.20. The molecule has 2 aromatic rings. The molecule has 1 amide bonds. The number of carbonyl (C=O) groups excluding carboxylic acids is 1. The van der Waals surface area contributed by atoms with E-state index in [2.05, 4.69) is 5.32 Å². The molecule has 0 aliphatic rings. The van der Waals surface area contributed by atoms with Gasteiger partial charge in [-0.3, -0.25) is 14.4 Å². The Morgan fingerprint density at radius 2 is 1.79 bits per heavy atom. The largest absolute Gasteiger partial charge is 0.508 e. The van der Waals surface area contributed by atoms with Crippen LogP contribution in [0.3, 0.4) is 0 Å². The van der Waals surface area contributed by atoms with Gasteiger partial charge in [0.2, 0.25) is 5.91 Å². The first-order valence-electron chi connectivity index (χ1n) is 7.37. The Hall–Kier alpha value is -3.09. The smallest absolute Gasteiger partial charge is 0.323 e. The average molecular weight is 330 g/mol. The first-order chi connectivity index (χ1) is 11.4. The van der Waals surface area contributed by atoms with Crippen LogP contribution in [-0.2, 0) is 29.0 Å². The number of aliphatic carboxylic acids is 1. The molecule has 0 fully saturated rings. The molecular weight excluding hydrogens is 312 g/mol. The summed E-state index contributed by atoms with van der Waals surface area (Å²) in [6.07, 6.45) is 2.28. The van der Waals surface area contributed by atoms with Crippen LogP contribution in [0, 0.1) is 0 Å². The second-order valence-corrected chi connectivity index (χ2v) is 5.35. The Kier molecular flexibility index (Phi) is 5.36. The molecule has 0 atom stereocenters. The molecule has 0 radical (unpaired) electrons. The van der Waals surface area contributed by atoms with Crippen molar-refractivity contribution in [2.75, 3.05) is 5.32 Å². The number of nitrogens with zero attached hydrogens (tertiary/aromatic N) is 1. The van der Waals surface area contributed by atoms with Crippen molar-refractivity contribution in [2.45, 2.75) is 26.3 Å². The number of hydrogen-bond acceptors (Lipinski definition) is 4. The summed E-state index contributed by atoms with van der Waals surface area (Å²) < 4.78 is 1.02. The number of aromatic nitrogens is 1. The van der Waals surface area contributed by atoms with Gasteiger partial charge < -0.3 is 20.1 Å². The number of carbonyl (C=O) groups is 2. The average Bonchev–Trinajstić information content (AvgIpc) is 2.51. The van der Waals surface area contributed by atoms with Gasteiger partial charge in [-0.1, -0.05) is 18.2 Å². The van der Waals surface area contributed by atoms with E-state index in [4.69, 9.17) is 5.11 Å². The van der Waals surface area contributed by atoms with Gasteiger partial charge in [-0.2, -0.15) is 0 Å². The van der Waals surface area contributed by atoms with Crippen molar-refractivity contribution >= 4 is 17.6 Å². The molecule has 0 unspecified atom stereocenters. The molecule has 3 N–H and O–H groups in total. The van der Waals surface area contributed by atoms with Crippen LogP contribution in [-0.4, -0.2) is 26.7 Å². The van der Waals surface area contributed by atoms with Crippen LogP contribution in [0.4, 0.5) is 5.69 Å². The summed E-state index contributed by atoms with van der Waals surface area (Å²) in [7, 11) is 0. The topological polar surface area (TPSA) is 109 Å². The van der Waals surface area contributed by atoms with E-state index in [1.165, 1.54) is 13.1 Å². The molecule has 0 saturated carbocycles. The summed E-state index contributed by atoms with van der Waals surface area (Å²) in [4.78, 5) is 34.6. The fourth-order valence-electron chi connectivity index (χ4n) is 2.39. The Labute approximate surface area is 138 Å². The number of rotatable bonds is 6. The van der Waals surface area contributed by atoms with Crippen LogP contribution in [0.1, 0.15) is 18.1 Å². The van der Waals surface area contributed by atoms with Gasteiger partial charge in [-0.25, -0.2) is 0 Å². The second-order valence-electron chi connectivity index (χ2n) is 5.35. The van der Waals surface area contributed by atoms with Crippen molar-refractivity contribution in [1.29, 1.82) is 0 Å². The predicted octanol–water partition coefficient (Wildman–Crippen LogP) is 1.38. The fraction of sp³-hybridized carbons (Fsp3) is 0.235. The first-order valence-corrected chi connectivity index (χ1v) is 7.37. The molecule has 0 bridgehead atoms.